The molecule has 3 rings (SSSR count). The Bertz CT molecular complexity index is 754. The predicted octanol–water partition coefficient (Wildman–Crippen LogP) is 0.778. The summed E-state index contributed by atoms with van der Waals surface area (Å²) < 4.78 is 0. The van der Waals surface area contributed by atoms with Crippen LogP contribution in [0.15, 0.2) is 42.5 Å². The number of carbonyl (C=O) groups is 2. The number of ketones is 1. The number of aliphatic hydroxyl groups is 2. The molecule has 0 bridgehead atoms. The highest BCUT2D eigenvalue weighted by Gasteiger charge is 2.29. The molecular weight excluding hydrogens is 270 g/mol. The molecule has 5 nitrogen and oxygen atoms in total. The normalized spacial score (nSPS) is 15.2. The number of fused-ring (bicyclic) bond motifs is 3. The Hall–Kier alpha value is -2.50. The number of rotatable bonds is 3. The molecule has 21 heavy (non-hydrogen) atoms. The summed E-state index contributed by atoms with van der Waals surface area (Å²) in [7, 11) is 0. The highest BCUT2D eigenvalue weighted by atomic mass is 16.3. The van der Waals surface area contributed by atoms with Crippen LogP contribution in [0.2, 0.25) is 0 Å². The van der Waals surface area contributed by atoms with Crippen LogP contribution in [0.3, 0.4) is 0 Å². The minimum atomic E-state index is -1.71. The molecule has 1 aliphatic carbocycles. The molecule has 0 saturated heterocycles. The maximum Gasteiger partial charge on any atom is 0.249 e. The van der Waals surface area contributed by atoms with Gasteiger partial charge in [0.2, 0.25) is 5.91 Å². The summed E-state index contributed by atoms with van der Waals surface area (Å²) in [6.07, 6.45) is -3.16. The molecule has 0 spiro atoms. The van der Waals surface area contributed by atoms with Crippen molar-refractivity contribution < 1.29 is 19.8 Å². The third-order valence-corrected chi connectivity index (χ3v) is 3.68. The Morgan fingerprint density at radius 1 is 0.952 bits per heavy atom. The maximum absolute atomic E-state index is 12.3. The molecule has 4 N–H and O–H groups in total. The van der Waals surface area contributed by atoms with Crippen LogP contribution in [0, 0.1) is 0 Å². The van der Waals surface area contributed by atoms with Crippen molar-refractivity contribution in [2.24, 2.45) is 5.73 Å². The van der Waals surface area contributed by atoms with Gasteiger partial charge >= 0.3 is 0 Å². The molecule has 2 atom stereocenters. The van der Waals surface area contributed by atoms with Crippen LogP contribution in [0.1, 0.15) is 27.6 Å². The van der Waals surface area contributed by atoms with Gasteiger partial charge in [0.15, 0.2) is 11.9 Å². The van der Waals surface area contributed by atoms with E-state index < -0.39 is 18.1 Å². The SMILES string of the molecule is NC(=O)C(O)C(O)c1ccc2c(c1)C(=O)c1ccccc1-2. The predicted molar refractivity (Wildman–Crippen MR) is 75.5 cm³/mol. The number of hydrogen-bond acceptors (Lipinski definition) is 4. The number of nitrogens with two attached hydrogens (primary N) is 1. The molecule has 5 heteroatoms. The summed E-state index contributed by atoms with van der Waals surface area (Å²) in [6.45, 7) is 0. The first kappa shape index (κ1) is 13.5. The Balaban J connectivity index is 2.05. The van der Waals surface area contributed by atoms with Gasteiger partial charge in [0.1, 0.15) is 6.10 Å². The lowest BCUT2D eigenvalue weighted by atomic mass is 9.98. The average molecular weight is 283 g/mol. The Labute approximate surface area is 120 Å². The minimum Gasteiger partial charge on any atom is -0.385 e. The Kier molecular flexibility index (Phi) is 3.08. The van der Waals surface area contributed by atoms with Gasteiger partial charge in [-0.15, -0.1) is 0 Å². The van der Waals surface area contributed by atoms with Crippen LogP contribution in [0.4, 0.5) is 0 Å². The van der Waals surface area contributed by atoms with Crippen LogP contribution >= 0.6 is 0 Å². The zero-order valence-corrected chi connectivity index (χ0v) is 11.0. The van der Waals surface area contributed by atoms with E-state index in [0.29, 0.717) is 11.1 Å². The van der Waals surface area contributed by atoms with E-state index in [4.69, 9.17) is 5.73 Å². The number of amides is 1. The van der Waals surface area contributed by atoms with Crippen molar-refractivity contribution in [2.75, 3.05) is 0 Å². The fourth-order valence-corrected chi connectivity index (χ4v) is 2.57. The van der Waals surface area contributed by atoms with Crippen LogP contribution in [0.5, 0.6) is 0 Å². The molecule has 0 heterocycles. The standard InChI is InChI=1S/C16H13NO4/c17-16(21)15(20)13(18)8-5-6-10-9-3-1-2-4-11(9)14(19)12(10)7-8/h1-7,13,15,18,20H,(H2,17,21). The fraction of sp³-hybridized carbons (Fsp3) is 0.125. The van der Waals surface area contributed by atoms with Gasteiger partial charge in [0, 0.05) is 11.1 Å². The topological polar surface area (TPSA) is 101 Å². The van der Waals surface area contributed by atoms with Crippen molar-refractivity contribution in [1.29, 1.82) is 0 Å². The van der Waals surface area contributed by atoms with E-state index in [-0.39, 0.29) is 11.3 Å². The van der Waals surface area contributed by atoms with Crippen molar-refractivity contribution in [1.82, 2.24) is 0 Å². The van der Waals surface area contributed by atoms with E-state index in [9.17, 15) is 19.8 Å². The summed E-state index contributed by atoms with van der Waals surface area (Å²) in [5.41, 5.74) is 7.92. The molecule has 0 saturated carbocycles. The van der Waals surface area contributed by atoms with Gasteiger partial charge in [-0.25, -0.2) is 0 Å². The second kappa shape index (κ2) is 4.80. The fourth-order valence-electron chi connectivity index (χ4n) is 2.57. The van der Waals surface area contributed by atoms with E-state index in [1.807, 2.05) is 12.1 Å². The van der Waals surface area contributed by atoms with Gasteiger partial charge in [-0.3, -0.25) is 9.59 Å². The Morgan fingerprint density at radius 2 is 1.57 bits per heavy atom. The quantitative estimate of drug-likeness (QED) is 0.661. The van der Waals surface area contributed by atoms with E-state index >= 15 is 0 Å². The average Bonchev–Trinajstić information content (AvgIpc) is 2.79. The van der Waals surface area contributed by atoms with Gasteiger partial charge in [0.25, 0.3) is 0 Å². The number of primary amides is 1. The van der Waals surface area contributed by atoms with Crippen molar-refractivity contribution in [3.05, 3.63) is 59.2 Å². The number of hydrogen-bond donors (Lipinski definition) is 3. The zero-order valence-electron chi connectivity index (χ0n) is 11.0. The summed E-state index contributed by atoms with van der Waals surface area (Å²) in [4.78, 5) is 23.3. The van der Waals surface area contributed by atoms with Crippen molar-refractivity contribution in [2.45, 2.75) is 12.2 Å². The molecular formula is C16H13NO4. The summed E-state index contributed by atoms with van der Waals surface area (Å²) >= 11 is 0. The zero-order chi connectivity index (χ0) is 15.1. The molecule has 0 fully saturated rings. The highest BCUT2D eigenvalue weighted by Crippen LogP contribution is 2.37. The van der Waals surface area contributed by atoms with Crippen molar-refractivity contribution in [3.63, 3.8) is 0 Å². The van der Waals surface area contributed by atoms with E-state index in [2.05, 4.69) is 0 Å². The summed E-state index contributed by atoms with van der Waals surface area (Å²) in [6, 6.07) is 12.0. The lowest BCUT2D eigenvalue weighted by Crippen LogP contribution is -2.33. The summed E-state index contributed by atoms with van der Waals surface area (Å²) in [5.74, 6) is -1.15. The van der Waals surface area contributed by atoms with Gasteiger partial charge in [-0.05, 0) is 22.8 Å². The van der Waals surface area contributed by atoms with Crippen LogP contribution in [-0.2, 0) is 4.79 Å². The molecule has 1 aliphatic rings. The monoisotopic (exact) mass is 283 g/mol. The molecule has 0 aliphatic heterocycles. The third-order valence-electron chi connectivity index (χ3n) is 3.68. The lowest BCUT2D eigenvalue weighted by molar-refractivity contribution is -0.131. The first-order valence-electron chi connectivity index (χ1n) is 6.44. The van der Waals surface area contributed by atoms with Crippen LogP contribution in [0.25, 0.3) is 11.1 Å². The lowest BCUT2D eigenvalue weighted by Gasteiger charge is -2.15. The second-order valence-electron chi connectivity index (χ2n) is 4.97. The van der Waals surface area contributed by atoms with Gasteiger partial charge in [0.05, 0.1) is 0 Å². The molecule has 0 aromatic heterocycles. The van der Waals surface area contributed by atoms with Gasteiger partial charge in [-0.2, -0.15) is 0 Å². The molecule has 2 aromatic rings. The van der Waals surface area contributed by atoms with Crippen molar-refractivity contribution >= 4 is 11.7 Å². The smallest absolute Gasteiger partial charge is 0.249 e. The van der Waals surface area contributed by atoms with Gasteiger partial charge < -0.3 is 15.9 Å². The minimum absolute atomic E-state index is 0.136. The van der Waals surface area contributed by atoms with Crippen LogP contribution in [-0.4, -0.2) is 28.0 Å². The van der Waals surface area contributed by atoms with E-state index in [0.717, 1.165) is 11.1 Å². The van der Waals surface area contributed by atoms with E-state index in [1.54, 1.807) is 24.3 Å². The molecule has 106 valence electrons. The maximum atomic E-state index is 12.3. The first-order valence-corrected chi connectivity index (χ1v) is 6.44. The number of benzene rings is 2. The Morgan fingerprint density at radius 3 is 2.24 bits per heavy atom. The summed E-state index contributed by atoms with van der Waals surface area (Å²) in [5, 5.41) is 19.5. The van der Waals surface area contributed by atoms with Crippen LogP contribution < -0.4 is 5.73 Å². The number of aliphatic hydroxyl groups excluding tert-OH is 2. The highest BCUT2D eigenvalue weighted by molar-refractivity contribution is 6.21. The molecule has 1 amide bonds. The third kappa shape index (κ3) is 2.03. The molecule has 2 aromatic carbocycles. The van der Waals surface area contributed by atoms with Crippen molar-refractivity contribution in [3.8, 4) is 11.1 Å². The van der Waals surface area contributed by atoms with E-state index in [1.165, 1.54) is 6.07 Å². The second-order valence-corrected chi connectivity index (χ2v) is 4.97. The van der Waals surface area contributed by atoms with Gasteiger partial charge in [-0.1, -0.05) is 36.4 Å². The number of carbonyl (C=O) groups excluding carboxylic acids is 2. The molecule has 0 radical (unpaired) electrons. The largest absolute Gasteiger partial charge is 0.385 e. The molecule has 2 unspecified atom stereocenters. The first-order chi connectivity index (χ1) is 10.0.